The van der Waals surface area contributed by atoms with Crippen LogP contribution in [-0.4, -0.2) is 47.8 Å². The maximum absolute atomic E-state index is 13.7. The van der Waals surface area contributed by atoms with Crippen LogP contribution in [0.2, 0.25) is 5.02 Å². The second-order valence-electron chi connectivity index (χ2n) is 12.0. The largest absolute Gasteiger partial charge is 0.345 e. The van der Waals surface area contributed by atoms with Gasteiger partial charge in [0.25, 0.3) is 11.8 Å². The summed E-state index contributed by atoms with van der Waals surface area (Å²) in [5, 5.41) is 12.7. The minimum atomic E-state index is -0.172. The molecule has 1 N–H and O–H groups in total. The molecule has 41 heavy (non-hydrogen) atoms. The van der Waals surface area contributed by atoms with Gasteiger partial charge in [0, 0.05) is 25.2 Å². The van der Waals surface area contributed by atoms with Gasteiger partial charge in [0.2, 0.25) is 0 Å². The summed E-state index contributed by atoms with van der Waals surface area (Å²) in [7, 11) is 0. The summed E-state index contributed by atoms with van der Waals surface area (Å²) in [6, 6.07) is 21.4. The van der Waals surface area contributed by atoms with Crippen LogP contribution in [0, 0.1) is 23.7 Å². The van der Waals surface area contributed by atoms with Gasteiger partial charge in [-0.15, -0.1) is 0 Å². The minimum Gasteiger partial charge on any atom is -0.345 e. The Hall–Kier alpha value is -3.66. The highest BCUT2D eigenvalue weighted by molar-refractivity contribution is 6.34. The highest BCUT2D eigenvalue weighted by Crippen LogP contribution is 2.41. The van der Waals surface area contributed by atoms with E-state index in [9.17, 15) is 9.59 Å². The minimum absolute atomic E-state index is 0.0867. The first kappa shape index (κ1) is 27.5. The van der Waals surface area contributed by atoms with Gasteiger partial charge in [-0.25, -0.2) is 0 Å². The second kappa shape index (κ2) is 11.3. The molecule has 0 aromatic heterocycles. The topological polar surface area (TPSA) is 76.4 Å². The molecule has 2 saturated heterocycles. The van der Waals surface area contributed by atoms with E-state index in [-0.39, 0.29) is 23.3 Å². The van der Waals surface area contributed by atoms with Crippen LogP contribution in [0.1, 0.15) is 80.3 Å². The van der Waals surface area contributed by atoms with Crippen LogP contribution in [0.3, 0.4) is 0 Å². The van der Waals surface area contributed by atoms with Gasteiger partial charge >= 0.3 is 0 Å². The Morgan fingerprint density at radius 3 is 2.54 bits per heavy atom. The molecule has 1 aliphatic carbocycles. The fraction of sp³-hybridized carbons (Fsp3) is 0.382. The third-order valence-corrected chi connectivity index (χ3v) is 9.67. The van der Waals surface area contributed by atoms with Crippen LogP contribution < -0.4 is 5.32 Å². The molecule has 210 valence electrons. The summed E-state index contributed by atoms with van der Waals surface area (Å²) in [6.07, 6.45) is 4.92. The van der Waals surface area contributed by atoms with Crippen LogP contribution in [-0.2, 0) is 13.0 Å². The standard InChI is InChI=1S/C34H35ClN4O2/c1-23-3-2-4-29(35)31(23)32(40)37-30-12-11-26-9-10-27(19-28(26)30)33(41)39-18-15-34(22-39)13-16-38(17-14-34)21-25-7-5-24(20-36)6-8-25/h2-10,19,30H,11-18,21-22H2,1H3,(H,37,40). The summed E-state index contributed by atoms with van der Waals surface area (Å²) in [5.74, 6) is -0.0849. The number of benzene rings is 3. The Morgan fingerprint density at radius 1 is 1.05 bits per heavy atom. The van der Waals surface area contributed by atoms with Crippen molar-refractivity contribution in [3.8, 4) is 6.07 Å². The SMILES string of the molecule is Cc1cccc(Cl)c1C(=O)NC1CCc2ccc(C(=O)N3CCC4(CCN(Cc5ccc(C#N)cc5)CC4)C3)cc21. The van der Waals surface area contributed by atoms with Crippen molar-refractivity contribution >= 4 is 23.4 Å². The molecule has 0 saturated carbocycles. The lowest BCUT2D eigenvalue weighted by Crippen LogP contribution is -2.42. The molecule has 6 rings (SSSR count). The first-order chi connectivity index (χ1) is 19.8. The predicted octanol–water partition coefficient (Wildman–Crippen LogP) is 6.07. The monoisotopic (exact) mass is 566 g/mol. The molecule has 7 heteroatoms. The van der Waals surface area contributed by atoms with Crippen molar-refractivity contribution in [2.75, 3.05) is 26.2 Å². The van der Waals surface area contributed by atoms with Crippen molar-refractivity contribution in [3.05, 3.63) is 105 Å². The number of halogens is 1. The maximum atomic E-state index is 13.7. The molecule has 3 aromatic carbocycles. The molecule has 1 spiro atoms. The molecule has 2 heterocycles. The Balaban J connectivity index is 1.08. The van der Waals surface area contributed by atoms with Crippen molar-refractivity contribution in [2.24, 2.45) is 5.41 Å². The molecule has 2 fully saturated rings. The Morgan fingerprint density at radius 2 is 1.80 bits per heavy atom. The van der Waals surface area contributed by atoms with Gasteiger partial charge in [0.15, 0.2) is 0 Å². The number of piperidine rings is 1. The van der Waals surface area contributed by atoms with E-state index in [2.05, 4.69) is 22.4 Å². The van der Waals surface area contributed by atoms with E-state index in [4.69, 9.17) is 16.9 Å². The first-order valence-electron chi connectivity index (χ1n) is 14.5. The van der Waals surface area contributed by atoms with E-state index in [1.165, 1.54) is 11.1 Å². The zero-order valence-electron chi connectivity index (χ0n) is 23.5. The fourth-order valence-corrected chi connectivity index (χ4v) is 7.17. The number of carbonyl (C=O) groups is 2. The lowest BCUT2D eigenvalue weighted by molar-refractivity contribution is 0.0713. The van der Waals surface area contributed by atoms with Crippen LogP contribution in [0.15, 0.2) is 60.7 Å². The lowest BCUT2D eigenvalue weighted by atomic mass is 9.77. The fourth-order valence-electron chi connectivity index (χ4n) is 6.86. The van der Waals surface area contributed by atoms with Crippen LogP contribution in [0.4, 0.5) is 0 Å². The van der Waals surface area contributed by atoms with Gasteiger partial charge in [-0.1, -0.05) is 41.9 Å². The molecule has 1 unspecified atom stereocenters. The zero-order valence-corrected chi connectivity index (χ0v) is 24.2. The van der Waals surface area contributed by atoms with E-state index in [0.29, 0.717) is 21.7 Å². The Labute approximate surface area is 246 Å². The molecule has 0 radical (unpaired) electrons. The van der Waals surface area contributed by atoms with Crippen molar-refractivity contribution in [3.63, 3.8) is 0 Å². The number of likely N-dealkylation sites (tertiary alicyclic amines) is 2. The first-order valence-corrected chi connectivity index (χ1v) is 14.9. The molecule has 2 aliphatic heterocycles. The Kier molecular flexibility index (Phi) is 7.59. The van der Waals surface area contributed by atoms with E-state index in [0.717, 1.165) is 76.0 Å². The summed E-state index contributed by atoms with van der Waals surface area (Å²) in [6.45, 7) is 6.42. The average molecular weight is 567 g/mol. The van der Waals surface area contributed by atoms with Crippen LogP contribution in [0.5, 0.6) is 0 Å². The summed E-state index contributed by atoms with van der Waals surface area (Å²) < 4.78 is 0. The third kappa shape index (κ3) is 5.62. The lowest BCUT2D eigenvalue weighted by Gasteiger charge is -2.39. The van der Waals surface area contributed by atoms with Crippen molar-refractivity contribution < 1.29 is 9.59 Å². The maximum Gasteiger partial charge on any atom is 0.253 e. The highest BCUT2D eigenvalue weighted by Gasteiger charge is 2.42. The average Bonchev–Trinajstić information content (AvgIpc) is 3.58. The van der Waals surface area contributed by atoms with Gasteiger partial charge < -0.3 is 10.2 Å². The second-order valence-corrected chi connectivity index (χ2v) is 12.4. The molecular weight excluding hydrogens is 532 g/mol. The summed E-state index contributed by atoms with van der Waals surface area (Å²) in [5.41, 5.74) is 6.41. The molecule has 1 atom stereocenters. The number of nitriles is 1. The normalized spacial score (nSPS) is 19.6. The van der Waals surface area contributed by atoms with E-state index in [1.54, 1.807) is 6.07 Å². The molecular formula is C34H35ClN4O2. The summed E-state index contributed by atoms with van der Waals surface area (Å²) >= 11 is 6.34. The number of fused-ring (bicyclic) bond motifs is 1. The van der Waals surface area contributed by atoms with Crippen LogP contribution >= 0.6 is 11.6 Å². The molecule has 6 nitrogen and oxygen atoms in total. The van der Waals surface area contributed by atoms with Crippen LogP contribution in [0.25, 0.3) is 0 Å². The predicted molar refractivity (Wildman–Crippen MR) is 160 cm³/mol. The van der Waals surface area contributed by atoms with Gasteiger partial charge in [-0.2, -0.15) is 5.26 Å². The number of rotatable bonds is 5. The number of carbonyl (C=O) groups excluding carboxylic acids is 2. The number of amides is 2. The smallest absolute Gasteiger partial charge is 0.253 e. The molecule has 2 amide bonds. The number of nitrogens with zero attached hydrogens (tertiary/aromatic N) is 3. The number of hydrogen-bond donors (Lipinski definition) is 1. The quantitative estimate of drug-likeness (QED) is 0.407. The Bertz CT molecular complexity index is 1500. The van der Waals surface area contributed by atoms with E-state index < -0.39 is 0 Å². The van der Waals surface area contributed by atoms with Crippen molar-refractivity contribution in [2.45, 2.75) is 51.6 Å². The third-order valence-electron chi connectivity index (χ3n) is 9.36. The van der Waals surface area contributed by atoms with Crippen molar-refractivity contribution in [1.82, 2.24) is 15.1 Å². The van der Waals surface area contributed by atoms with Gasteiger partial charge in [-0.3, -0.25) is 14.5 Å². The number of aryl methyl sites for hydroxylation is 2. The van der Waals surface area contributed by atoms with Crippen molar-refractivity contribution in [1.29, 1.82) is 5.26 Å². The molecule has 0 bridgehead atoms. The van der Waals surface area contributed by atoms with E-state index in [1.807, 2.05) is 60.4 Å². The van der Waals surface area contributed by atoms with Gasteiger partial charge in [0.05, 0.1) is 28.3 Å². The highest BCUT2D eigenvalue weighted by atomic mass is 35.5. The number of nitrogens with one attached hydrogen (secondary N) is 1. The number of hydrogen-bond acceptors (Lipinski definition) is 4. The molecule has 3 aromatic rings. The van der Waals surface area contributed by atoms with E-state index >= 15 is 0 Å². The molecule has 3 aliphatic rings. The van der Waals surface area contributed by atoms with Gasteiger partial charge in [-0.05, 0) is 110 Å². The zero-order chi connectivity index (χ0) is 28.6. The van der Waals surface area contributed by atoms with Gasteiger partial charge in [0.1, 0.15) is 0 Å². The summed E-state index contributed by atoms with van der Waals surface area (Å²) in [4.78, 5) is 31.3.